The Bertz CT molecular complexity index is 504. The van der Waals surface area contributed by atoms with E-state index in [4.69, 9.17) is 0 Å². The summed E-state index contributed by atoms with van der Waals surface area (Å²) in [6.07, 6.45) is 8.03. The fraction of sp³-hybridized carbons (Fsp3) is 0.588. The van der Waals surface area contributed by atoms with Crippen LogP contribution in [0, 0.1) is 11.3 Å². The summed E-state index contributed by atoms with van der Waals surface area (Å²) in [5.41, 5.74) is 3.15. The molecule has 1 aromatic carbocycles. The number of benzene rings is 1. The van der Waals surface area contributed by atoms with Crippen LogP contribution in [0.25, 0.3) is 0 Å². The monoisotopic (exact) mass is 240 g/mol. The molecule has 0 saturated heterocycles. The molecule has 18 heavy (non-hydrogen) atoms. The van der Waals surface area contributed by atoms with Gasteiger partial charge in [-0.15, -0.1) is 0 Å². The van der Waals surface area contributed by atoms with Gasteiger partial charge in [-0.25, -0.2) is 0 Å². The molecule has 0 amide bonds. The van der Waals surface area contributed by atoms with Crippen LogP contribution in [0.4, 0.5) is 0 Å². The van der Waals surface area contributed by atoms with Crippen molar-refractivity contribution in [2.75, 3.05) is 0 Å². The van der Waals surface area contributed by atoms with Gasteiger partial charge in [-0.1, -0.05) is 30.7 Å². The first-order valence-corrected chi connectivity index (χ1v) is 7.42. The van der Waals surface area contributed by atoms with Crippen molar-refractivity contribution in [3.63, 3.8) is 0 Å². The lowest BCUT2D eigenvalue weighted by Crippen LogP contribution is -2.40. The molecule has 1 heteroatoms. The molecule has 0 aromatic heterocycles. The summed E-state index contributed by atoms with van der Waals surface area (Å²) in [5.74, 6) is 1.89. The average Bonchev–Trinajstić information content (AvgIpc) is 2.94. The second kappa shape index (κ2) is 3.69. The Hall–Kier alpha value is -1.11. The summed E-state index contributed by atoms with van der Waals surface area (Å²) in [6, 6.07) is 8.90. The van der Waals surface area contributed by atoms with Gasteiger partial charge in [-0.3, -0.25) is 4.79 Å². The number of ketones is 1. The molecule has 0 bridgehead atoms. The molecule has 3 aliphatic carbocycles. The van der Waals surface area contributed by atoms with E-state index in [9.17, 15) is 4.79 Å². The Kier molecular flexibility index (Phi) is 2.21. The topological polar surface area (TPSA) is 17.1 Å². The Morgan fingerprint density at radius 2 is 1.94 bits per heavy atom. The molecular weight excluding hydrogens is 220 g/mol. The average molecular weight is 240 g/mol. The summed E-state index contributed by atoms with van der Waals surface area (Å²) < 4.78 is 0. The molecule has 0 N–H and O–H groups in total. The minimum Gasteiger partial charge on any atom is -0.299 e. The number of hydrogen-bond acceptors (Lipinski definition) is 1. The second-order valence-electron chi connectivity index (χ2n) is 6.44. The Morgan fingerprint density at radius 1 is 1.11 bits per heavy atom. The molecular formula is C17H20O. The molecule has 3 atom stereocenters. The van der Waals surface area contributed by atoms with E-state index in [0.717, 1.165) is 19.3 Å². The van der Waals surface area contributed by atoms with Gasteiger partial charge in [0.2, 0.25) is 0 Å². The first-order valence-electron chi connectivity index (χ1n) is 7.42. The largest absolute Gasteiger partial charge is 0.299 e. The van der Waals surface area contributed by atoms with Crippen molar-refractivity contribution in [2.45, 2.75) is 50.9 Å². The minimum atomic E-state index is 0.0714. The van der Waals surface area contributed by atoms with Crippen LogP contribution in [0.3, 0.4) is 0 Å². The quantitative estimate of drug-likeness (QED) is 0.673. The summed E-state index contributed by atoms with van der Waals surface area (Å²) >= 11 is 0. The molecule has 2 fully saturated rings. The number of rotatable bonds is 0. The standard InChI is InChI=1S/C17H20O/c18-16-8-4-10-17(16)9-3-7-14-13-6-2-1-5-12(13)11-15(14)17/h1-2,5-6,14-15H,3-4,7-11H2/t14-,15+,17+/m0/s1. The van der Waals surface area contributed by atoms with E-state index in [0.29, 0.717) is 17.6 Å². The highest BCUT2D eigenvalue weighted by molar-refractivity contribution is 5.87. The number of Topliss-reactive ketones (excluding diaryl/α,β-unsaturated/α-hetero) is 1. The Morgan fingerprint density at radius 3 is 2.78 bits per heavy atom. The maximum absolute atomic E-state index is 12.4. The first kappa shape index (κ1) is 10.8. The van der Waals surface area contributed by atoms with Crippen LogP contribution in [0.5, 0.6) is 0 Å². The van der Waals surface area contributed by atoms with Crippen LogP contribution in [-0.4, -0.2) is 5.78 Å². The van der Waals surface area contributed by atoms with Gasteiger partial charge in [0, 0.05) is 11.8 Å². The number of carbonyl (C=O) groups is 1. The second-order valence-corrected chi connectivity index (χ2v) is 6.44. The van der Waals surface area contributed by atoms with E-state index < -0.39 is 0 Å². The summed E-state index contributed by atoms with van der Waals surface area (Å²) in [6.45, 7) is 0. The highest BCUT2D eigenvalue weighted by Crippen LogP contribution is 2.59. The highest BCUT2D eigenvalue weighted by atomic mass is 16.1. The normalized spacial score (nSPS) is 37.9. The van der Waals surface area contributed by atoms with Crippen LogP contribution in [0.15, 0.2) is 24.3 Å². The first-order chi connectivity index (χ1) is 8.81. The lowest BCUT2D eigenvalue weighted by atomic mass is 9.60. The van der Waals surface area contributed by atoms with Crippen molar-refractivity contribution in [1.29, 1.82) is 0 Å². The van der Waals surface area contributed by atoms with Gasteiger partial charge >= 0.3 is 0 Å². The maximum atomic E-state index is 12.4. The lowest BCUT2D eigenvalue weighted by molar-refractivity contribution is -0.131. The van der Waals surface area contributed by atoms with Crippen LogP contribution in [0.2, 0.25) is 0 Å². The van der Waals surface area contributed by atoms with Crippen LogP contribution >= 0.6 is 0 Å². The van der Waals surface area contributed by atoms with Crippen molar-refractivity contribution < 1.29 is 4.79 Å². The van der Waals surface area contributed by atoms with Gasteiger partial charge < -0.3 is 0 Å². The number of carbonyl (C=O) groups excluding carboxylic acids is 1. The maximum Gasteiger partial charge on any atom is 0.139 e. The third kappa shape index (κ3) is 1.25. The summed E-state index contributed by atoms with van der Waals surface area (Å²) in [4.78, 5) is 12.4. The molecule has 4 rings (SSSR count). The van der Waals surface area contributed by atoms with Gasteiger partial charge in [0.25, 0.3) is 0 Å². The zero-order chi connectivity index (χ0) is 12.2. The molecule has 1 aromatic rings. The van der Waals surface area contributed by atoms with E-state index in [-0.39, 0.29) is 5.41 Å². The zero-order valence-corrected chi connectivity index (χ0v) is 10.8. The Balaban J connectivity index is 1.78. The summed E-state index contributed by atoms with van der Waals surface area (Å²) in [5, 5.41) is 0. The van der Waals surface area contributed by atoms with E-state index in [1.54, 1.807) is 5.56 Å². The third-order valence-electron chi connectivity index (χ3n) is 5.81. The van der Waals surface area contributed by atoms with Crippen LogP contribution < -0.4 is 0 Å². The minimum absolute atomic E-state index is 0.0714. The zero-order valence-electron chi connectivity index (χ0n) is 10.8. The van der Waals surface area contributed by atoms with E-state index in [2.05, 4.69) is 24.3 Å². The van der Waals surface area contributed by atoms with Crippen LogP contribution in [0.1, 0.15) is 55.6 Å². The van der Waals surface area contributed by atoms with Crippen molar-refractivity contribution in [2.24, 2.45) is 11.3 Å². The molecule has 1 nitrogen and oxygen atoms in total. The predicted molar refractivity (Wildman–Crippen MR) is 71.5 cm³/mol. The fourth-order valence-corrected chi connectivity index (χ4v) is 5.05. The van der Waals surface area contributed by atoms with Gasteiger partial charge in [-0.2, -0.15) is 0 Å². The fourth-order valence-electron chi connectivity index (χ4n) is 5.05. The van der Waals surface area contributed by atoms with Crippen molar-refractivity contribution in [3.05, 3.63) is 35.4 Å². The van der Waals surface area contributed by atoms with Crippen molar-refractivity contribution in [3.8, 4) is 0 Å². The van der Waals surface area contributed by atoms with Crippen LogP contribution in [-0.2, 0) is 11.2 Å². The van der Waals surface area contributed by atoms with Gasteiger partial charge in [0.15, 0.2) is 0 Å². The third-order valence-corrected chi connectivity index (χ3v) is 5.81. The lowest BCUT2D eigenvalue weighted by Gasteiger charge is -2.42. The van der Waals surface area contributed by atoms with E-state index >= 15 is 0 Å². The molecule has 3 aliphatic rings. The molecule has 0 unspecified atom stereocenters. The van der Waals surface area contributed by atoms with Crippen molar-refractivity contribution in [1.82, 2.24) is 0 Å². The molecule has 0 heterocycles. The molecule has 0 radical (unpaired) electrons. The number of fused-ring (bicyclic) bond motifs is 4. The SMILES string of the molecule is O=C1CCC[C@@]12CCC[C@H]1c3ccccc3C[C@H]12. The number of hydrogen-bond donors (Lipinski definition) is 0. The highest BCUT2D eigenvalue weighted by Gasteiger charge is 2.54. The van der Waals surface area contributed by atoms with E-state index in [1.165, 1.54) is 31.2 Å². The Labute approximate surface area is 109 Å². The molecule has 2 saturated carbocycles. The van der Waals surface area contributed by atoms with Gasteiger partial charge in [0.05, 0.1) is 0 Å². The van der Waals surface area contributed by atoms with Crippen molar-refractivity contribution >= 4 is 5.78 Å². The van der Waals surface area contributed by atoms with Gasteiger partial charge in [-0.05, 0) is 55.1 Å². The predicted octanol–water partition coefficient (Wildman–Crippen LogP) is 3.87. The summed E-state index contributed by atoms with van der Waals surface area (Å²) in [7, 11) is 0. The molecule has 0 aliphatic heterocycles. The van der Waals surface area contributed by atoms with E-state index in [1.807, 2.05) is 0 Å². The smallest absolute Gasteiger partial charge is 0.139 e. The molecule has 1 spiro atoms. The molecule has 94 valence electrons. The van der Waals surface area contributed by atoms with Gasteiger partial charge in [0.1, 0.15) is 5.78 Å².